The van der Waals surface area contributed by atoms with Crippen molar-refractivity contribution in [3.63, 3.8) is 0 Å². The number of aromatic nitrogens is 1. The number of anilines is 1. The van der Waals surface area contributed by atoms with Gasteiger partial charge in [0.25, 0.3) is 0 Å². The van der Waals surface area contributed by atoms with Crippen LogP contribution in [0, 0.1) is 5.82 Å². The summed E-state index contributed by atoms with van der Waals surface area (Å²) >= 11 is 0. The zero-order valence-electron chi connectivity index (χ0n) is 29.8. The number of hydrogen-bond donors (Lipinski definition) is 0. The highest BCUT2D eigenvalue weighted by Gasteiger charge is 2.42. The Labute approximate surface area is 266 Å². The molecule has 0 spiro atoms. The van der Waals surface area contributed by atoms with Crippen LogP contribution in [-0.2, 0) is 18.3 Å². The fraction of sp³-hybridized carbons (Fsp3) is 0.667. The number of hydrogen-bond acceptors (Lipinski definition) is 7. The summed E-state index contributed by atoms with van der Waals surface area (Å²) in [6.07, 6.45) is -0.923. The van der Waals surface area contributed by atoms with Crippen molar-refractivity contribution in [3.8, 4) is 0 Å². The monoisotopic (exact) mass is 650 g/mol. The molecule has 0 saturated carbocycles. The molecule has 2 rings (SSSR count). The lowest BCUT2D eigenvalue weighted by Crippen LogP contribution is -2.45. The fourth-order valence-electron chi connectivity index (χ4n) is 3.72. The number of carbonyl (C=O) groups is 2. The minimum absolute atomic E-state index is 0.0260. The van der Waals surface area contributed by atoms with Gasteiger partial charge < -0.3 is 18.3 Å². The third-order valence-corrected chi connectivity index (χ3v) is 17.2. The number of ether oxygens (including phenoxy) is 2. The van der Waals surface area contributed by atoms with Gasteiger partial charge in [-0.1, -0.05) is 41.5 Å². The van der Waals surface area contributed by atoms with Gasteiger partial charge >= 0.3 is 12.2 Å². The topological polar surface area (TPSA) is 87.2 Å². The molecule has 2 amide bonds. The number of rotatable bonds is 7. The molecular formula is C33H55FN2O6Si2. The summed E-state index contributed by atoms with van der Waals surface area (Å²) < 4.78 is 40.0. The van der Waals surface area contributed by atoms with Crippen LogP contribution in [0.15, 0.2) is 24.4 Å². The van der Waals surface area contributed by atoms with E-state index < -0.39 is 51.9 Å². The first kappa shape index (κ1) is 37.8. The van der Waals surface area contributed by atoms with Crippen LogP contribution in [-0.4, -0.2) is 51.6 Å². The van der Waals surface area contributed by atoms with E-state index in [0.717, 1.165) is 4.90 Å². The largest absolute Gasteiger partial charge is 0.443 e. The maximum Gasteiger partial charge on any atom is 0.425 e. The van der Waals surface area contributed by atoms with Gasteiger partial charge in [-0.3, -0.25) is 0 Å². The number of nitrogens with zero attached hydrogens (tertiary/aromatic N) is 2. The van der Waals surface area contributed by atoms with Crippen molar-refractivity contribution in [2.45, 2.75) is 137 Å². The summed E-state index contributed by atoms with van der Waals surface area (Å²) in [5, 5.41) is 0.948. The Morgan fingerprint density at radius 3 is 1.70 bits per heavy atom. The van der Waals surface area contributed by atoms with Crippen molar-refractivity contribution in [3.05, 3.63) is 35.8 Å². The summed E-state index contributed by atoms with van der Waals surface area (Å²) in [5.74, 6) is -0.529. The van der Waals surface area contributed by atoms with E-state index in [1.54, 1.807) is 41.5 Å². The van der Waals surface area contributed by atoms with Gasteiger partial charge in [-0.15, -0.1) is 0 Å². The quantitative estimate of drug-likeness (QED) is 0.276. The predicted octanol–water partition coefficient (Wildman–Crippen LogP) is 10.1. The van der Waals surface area contributed by atoms with Gasteiger partial charge in [0, 0.05) is 11.6 Å². The Balaban J connectivity index is 2.74. The van der Waals surface area contributed by atoms with Gasteiger partial charge in [-0.05, 0) is 107 Å². The molecule has 0 aliphatic carbocycles. The third-order valence-electron chi connectivity index (χ3n) is 8.19. The average molecular weight is 651 g/mol. The van der Waals surface area contributed by atoms with E-state index >= 15 is 4.39 Å². The predicted molar refractivity (Wildman–Crippen MR) is 181 cm³/mol. The van der Waals surface area contributed by atoms with E-state index in [4.69, 9.17) is 18.3 Å². The first-order valence-corrected chi connectivity index (χ1v) is 21.0. The minimum atomic E-state index is -2.34. The molecule has 44 heavy (non-hydrogen) atoms. The molecule has 0 fully saturated rings. The summed E-state index contributed by atoms with van der Waals surface area (Å²) in [5.41, 5.74) is -1.17. The second-order valence-corrected chi connectivity index (χ2v) is 26.1. The van der Waals surface area contributed by atoms with Crippen LogP contribution >= 0.6 is 0 Å². The number of amides is 2. The molecule has 2 aromatic rings. The highest BCUT2D eigenvalue weighted by atomic mass is 28.4. The number of imide groups is 1. The molecule has 0 radical (unpaired) electrons. The molecule has 0 N–H and O–H groups in total. The number of fused-ring (bicyclic) bond motifs is 1. The summed E-state index contributed by atoms with van der Waals surface area (Å²) in [6, 6.07) is 4.31. The highest BCUT2D eigenvalue weighted by Crippen LogP contribution is 2.43. The molecule has 0 aliphatic rings. The van der Waals surface area contributed by atoms with Crippen LogP contribution < -0.4 is 4.90 Å². The van der Waals surface area contributed by atoms with Gasteiger partial charge in [0.1, 0.15) is 22.8 Å². The van der Waals surface area contributed by atoms with Gasteiger partial charge in [-0.2, -0.15) is 4.90 Å². The Morgan fingerprint density at radius 1 is 0.795 bits per heavy atom. The molecule has 0 aliphatic heterocycles. The van der Waals surface area contributed by atoms with E-state index in [0.29, 0.717) is 16.3 Å². The molecular weight excluding hydrogens is 596 g/mol. The Kier molecular flexibility index (Phi) is 11.0. The van der Waals surface area contributed by atoms with Crippen LogP contribution in [0.25, 0.3) is 10.8 Å². The van der Waals surface area contributed by atoms with E-state index in [2.05, 4.69) is 72.7 Å². The molecule has 11 heteroatoms. The third kappa shape index (κ3) is 9.83. The second-order valence-electron chi connectivity index (χ2n) is 16.5. The number of benzene rings is 1. The molecule has 0 saturated heterocycles. The van der Waals surface area contributed by atoms with Crippen LogP contribution in [0.1, 0.15) is 94.8 Å². The molecule has 1 unspecified atom stereocenters. The zero-order valence-corrected chi connectivity index (χ0v) is 31.8. The first-order chi connectivity index (χ1) is 19.5. The van der Waals surface area contributed by atoms with Crippen molar-refractivity contribution in [1.82, 2.24) is 4.98 Å². The second kappa shape index (κ2) is 12.8. The van der Waals surface area contributed by atoms with Crippen molar-refractivity contribution in [1.29, 1.82) is 0 Å². The summed E-state index contributed by atoms with van der Waals surface area (Å²) in [4.78, 5) is 31.7. The van der Waals surface area contributed by atoms with Gasteiger partial charge in [0.05, 0.1) is 12.7 Å². The van der Waals surface area contributed by atoms with Gasteiger partial charge in [0.2, 0.25) is 0 Å². The van der Waals surface area contributed by atoms with Crippen molar-refractivity contribution < 1.29 is 32.3 Å². The molecule has 8 nitrogen and oxygen atoms in total. The first-order valence-electron chi connectivity index (χ1n) is 15.2. The molecule has 1 heterocycles. The maximum absolute atomic E-state index is 15.4. The van der Waals surface area contributed by atoms with Gasteiger partial charge in [-0.25, -0.2) is 19.0 Å². The van der Waals surface area contributed by atoms with Crippen molar-refractivity contribution in [2.24, 2.45) is 0 Å². The standard InChI is InChI=1S/C33H55FN2O6Si2/c1-30(2,3)40-28(37)36(29(38)41-31(4,5)6)27-18-22-17-23(34)19-24(25(22)20-35-27)26(42-44(15,16)33(10,11)12)21-39-43(13,14)32(7,8)9/h17-20,26H,21H2,1-16H3. The fourth-order valence-corrected chi connectivity index (χ4v) is 5.98. The molecule has 248 valence electrons. The normalized spacial score (nSPS) is 14.4. The summed E-state index contributed by atoms with van der Waals surface area (Å²) in [7, 11) is -4.52. The SMILES string of the molecule is CC(C)(C)OC(=O)N(C(=O)OC(C)(C)C)c1cc2cc(F)cc(C(CO[Si](C)(C)C(C)(C)C)O[Si](C)(C)C(C)(C)C)c2cn1. The zero-order chi connectivity index (χ0) is 34.3. The average Bonchev–Trinajstić information content (AvgIpc) is 2.77. The van der Waals surface area contributed by atoms with E-state index in [-0.39, 0.29) is 22.5 Å². The van der Waals surface area contributed by atoms with Gasteiger partial charge in [0.15, 0.2) is 16.6 Å². The number of carbonyl (C=O) groups excluding carboxylic acids is 2. The van der Waals surface area contributed by atoms with Crippen molar-refractivity contribution >= 4 is 45.4 Å². The molecule has 1 aromatic heterocycles. The highest BCUT2D eigenvalue weighted by molar-refractivity contribution is 6.74. The summed E-state index contributed by atoms with van der Waals surface area (Å²) in [6.45, 7) is 32.1. The lowest BCUT2D eigenvalue weighted by Gasteiger charge is -2.42. The lowest BCUT2D eigenvalue weighted by atomic mass is 10.0. The Hall–Kier alpha value is -2.35. The smallest absolute Gasteiger partial charge is 0.425 e. The maximum atomic E-state index is 15.4. The minimum Gasteiger partial charge on any atom is -0.443 e. The Bertz CT molecular complexity index is 1320. The molecule has 1 aromatic carbocycles. The van der Waals surface area contributed by atoms with Crippen LogP contribution in [0.4, 0.5) is 19.8 Å². The van der Waals surface area contributed by atoms with E-state index in [1.807, 2.05) is 0 Å². The molecule has 1 atom stereocenters. The van der Waals surface area contributed by atoms with Crippen LogP contribution in [0.2, 0.25) is 36.3 Å². The molecule has 0 bridgehead atoms. The number of pyridine rings is 1. The van der Waals surface area contributed by atoms with Crippen molar-refractivity contribution in [2.75, 3.05) is 11.5 Å². The van der Waals surface area contributed by atoms with Crippen LogP contribution in [0.3, 0.4) is 0 Å². The Morgan fingerprint density at radius 2 is 1.27 bits per heavy atom. The lowest BCUT2D eigenvalue weighted by molar-refractivity contribution is 0.0429. The number of halogens is 1. The van der Waals surface area contributed by atoms with E-state index in [9.17, 15) is 9.59 Å². The van der Waals surface area contributed by atoms with Crippen LogP contribution in [0.5, 0.6) is 0 Å². The van der Waals surface area contributed by atoms with E-state index in [1.165, 1.54) is 24.4 Å².